The highest BCUT2D eigenvalue weighted by Gasteiger charge is 2.06. The van der Waals surface area contributed by atoms with E-state index >= 15 is 0 Å². The molecule has 3 heteroatoms. The van der Waals surface area contributed by atoms with E-state index in [1.807, 2.05) is 38.1 Å². The number of fused-ring (bicyclic) bond motifs is 1. The topological polar surface area (TPSA) is 56.0 Å². The molecule has 0 radical (unpaired) electrons. The zero-order valence-electron chi connectivity index (χ0n) is 9.45. The highest BCUT2D eigenvalue weighted by atomic mass is 16.1. The first-order chi connectivity index (χ1) is 7.58. The van der Waals surface area contributed by atoms with Gasteiger partial charge < -0.3 is 5.73 Å². The summed E-state index contributed by atoms with van der Waals surface area (Å²) in [6, 6.07) is 7.99. The molecule has 0 spiro atoms. The summed E-state index contributed by atoms with van der Waals surface area (Å²) in [6.07, 6.45) is 0.200. The van der Waals surface area contributed by atoms with Crippen molar-refractivity contribution in [2.75, 3.05) is 0 Å². The van der Waals surface area contributed by atoms with E-state index in [0.29, 0.717) is 0 Å². The first kappa shape index (κ1) is 10.6. The van der Waals surface area contributed by atoms with E-state index in [9.17, 15) is 4.79 Å². The second-order valence-corrected chi connectivity index (χ2v) is 4.04. The zero-order chi connectivity index (χ0) is 11.7. The van der Waals surface area contributed by atoms with Crippen molar-refractivity contribution in [2.24, 2.45) is 5.73 Å². The van der Waals surface area contributed by atoms with Gasteiger partial charge in [-0.3, -0.25) is 9.78 Å². The van der Waals surface area contributed by atoms with Crippen LogP contribution in [0.5, 0.6) is 0 Å². The van der Waals surface area contributed by atoms with E-state index < -0.39 is 0 Å². The van der Waals surface area contributed by atoms with Gasteiger partial charge in [-0.1, -0.05) is 18.2 Å². The van der Waals surface area contributed by atoms with Crippen LogP contribution in [-0.2, 0) is 11.2 Å². The second-order valence-electron chi connectivity index (χ2n) is 4.04. The minimum atomic E-state index is -0.347. The monoisotopic (exact) mass is 214 g/mol. The summed E-state index contributed by atoms with van der Waals surface area (Å²) in [5, 5.41) is 1.13. The number of nitrogens with two attached hydrogens (primary N) is 1. The molecule has 82 valence electrons. The van der Waals surface area contributed by atoms with Crippen molar-refractivity contribution >= 4 is 16.8 Å². The Balaban J connectivity index is 2.65. The number of rotatable bonds is 2. The summed E-state index contributed by atoms with van der Waals surface area (Å²) in [5.74, 6) is -0.347. The summed E-state index contributed by atoms with van der Waals surface area (Å²) >= 11 is 0. The molecule has 0 saturated heterocycles. The molecule has 1 heterocycles. The van der Waals surface area contributed by atoms with E-state index in [-0.39, 0.29) is 12.3 Å². The standard InChI is InChI=1S/C13H14N2O/c1-8-4-3-5-11-9(2)6-10(7-12(14)16)15-13(8)11/h3-6H,7H2,1-2H3,(H2,14,16). The molecule has 0 aliphatic heterocycles. The Kier molecular flexibility index (Phi) is 2.60. The van der Waals surface area contributed by atoms with Crippen LogP contribution in [0.15, 0.2) is 24.3 Å². The number of aromatic nitrogens is 1. The maximum atomic E-state index is 10.9. The molecule has 2 rings (SSSR count). The van der Waals surface area contributed by atoms with Gasteiger partial charge in [0, 0.05) is 5.39 Å². The Hall–Kier alpha value is -1.90. The highest BCUT2D eigenvalue weighted by Crippen LogP contribution is 2.20. The number of para-hydroxylation sites is 1. The van der Waals surface area contributed by atoms with Gasteiger partial charge in [0.25, 0.3) is 0 Å². The fraction of sp³-hybridized carbons (Fsp3) is 0.231. The summed E-state index contributed by atoms with van der Waals surface area (Å²) in [5.41, 5.74) is 9.12. The average molecular weight is 214 g/mol. The van der Waals surface area contributed by atoms with E-state index in [1.165, 1.54) is 0 Å². The molecular weight excluding hydrogens is 200 g/mol. The molecule has 16 heavy (non-hydrogen) atoms. The molecule has 0 bridgehead atoms. The quantitative estimate of drug-likeness (QED) is 0.829. The van der Waals surface area contributed by atoms with Crippen LogP contribution in [0.4, 0.5) is 0 Å². The summed E-state index contributed by atoms with van der Waals surface area (Å²) in [4.78, 5) is 15.4. The Bertz CT molecular complexity index is 561. The molecule has 0 unspecified atom stereocenters. The minimum absolute atomic E-state index is 0.200. The van der Waals surface area contributed by atoms with Crippen molar-refractivity contribution in [2.45, 2.75) is 20.3 Å². The Morgan fingerprint density at radius 3 is 2.75 bits per heavy atom. The lowest BCUT2D eigenvalue weighted by molar-refractivity contribution is -0.117. The van der Waals surface area contributed by atoms with Crippen molar-refractivity contribution in [3.63, 3.8) is 0 Å². The molecule has 0 saturated carbocycles. The third-order valence-electron chi connectivity index (χ3n) is 2.66. The maximum Gasteiger partial charge on any atom is 0.223 e. The summed E-state index contributed by atoms with van der Waals surface area (Å²) in [7, 11) is 0. The molecule has 1 amide bonds. The van der Waals surface area contributed by atoms with Gasteiger partial charge in [0.15, 0.2) is 0 Å². The van der Waals surface area contributed by atoms with Gasteiger partial charge in [-0.05, 0) is 31.0 Å². The smallest absolute Gasteiger partial charge is 0.223 e. The molecule has 1 aromatic carbocycles. The molecule has 1 aromatic heterocycles. The van der Waals surface area contributed by atoms with Gasteiger partial charge in [-0.25, -0.2) is 0 Å². The third kappa shape index (κ3) is 1.89. The first-order valence-electron chi connectivity index (χ1n) is 5.22. The molecule has 0 atom stereocenters. The van der Waals surface area contributed by atoms with E-state index in [2.05, 4.69) is 4.98 Å². The van der Waals surface area contributed by atoms with E-state index in [1.54, 1.807) is 0 Å². The Morgan fingerprint density at radius 2 is 2.06 bits per heavy atom. The number of nitrogens with zero attached hydrogens (tertiary/aromatic N) is 1. The zero-order valence-corrected chi connectivity index (χ0v) is 9.45. The number of pyridine rings is 1. The van der Waals surface area contributed by atoms with Gasteiger partial charge in [-0.15, -0.1) is 0 Å². The molecule has 0 fully saturated rings. The van der Waals surface area contributed by atoms with Crippen LogP contribution in [0.3, 0.4) is 0 Å². The number of primary amides is 1. The highest BCUT2D eigenvalue weighted by molar-refractivity contribution is 5.85. The van der Waals surface area contributed by atoms with Gasteiger partial charge in [-0.2, -0.15) is 0 Å². The lowest BCUT2D eigenvalue weighted by Gasteiger charge is -2.07. The number of carbonyl (C=O) groups is 1. The fourth-order valence-electron chi connectivity index (χ4n) is 1.90. The summed E-state index contributed by atoms with van der Waals surface area (Å²) in [6.45, 7) is 4.04. The van der Waals surface area contributed by atoms with Crippen molar-refractivity contribution in [3.8, 4) is 0 Å². The van der Waals surface area contributed by atoms with Crippen LogP contribution >= 0.6 is 0 Å². The van der Waals surface area contributed by atoms with E-state index in [0.717, 1.165) is 27.7 Å². The van der Waals surface area contributed by atoms with Crippen LogP contribution in [-0.4, -0.2) is 10.9 Å². The van der Waals surface area contributed by atoms with Crippen LogP contribution in [0.25, 0.3) is 10.9 Å². The normalized spacial score (nSPS) is 10.6. The van der Waals surface area contributed by atoms with Crippen molar-refractivity contribution in [1.29, 1.82) is 0 Å². The summed E-state index contributed by atoms with van der Waals surface area (Å²) < 4.78 is 0. The molecule has 2 aromatic rings. The molecule has 3 nitrogen and oxygen atoms in total. The predicted molar refractivity (Wildman–Crippen MR) is 64.1 cm³/mol. The predicted octanol–water partition coefficient (Wildman–Crippen LogP) is 1.88. The van der Waals surface area contributed by atoms with Gasteiger partial charge in [0.1, 0.15) is 0 Å². The van der Waals surface area contributed by atoms with Crippen LogP contribution < -0.4 is 5.73 Å². The number of aryl methyl sites for hydroxylation is 2. The van der Waals surface area contributed by atoms with Gasteiger partial charge in [0.05, 0.1) is 17.6 Å². The minimum Gasteiger partial charge on any atom is -0.369 e. The average Bonchev–Trinajstić information content (AvgIpc) is 2.19. The lowest BCUT2D eigenvalue weighted by atomic mass is 10.0. The maximum absolute atomic E-state index is 10.9. The molecule has 0 aliphatic carbocycles. The second kappa shape index (κ2) is 3.93. The number of carbonyl (C=O) groups excluding carboxylic acids is 1. The molecule has 2 N–H and O–H groups in total. The largest absolute Gasteiger partial charge is 0.369 e. The van der Waals surface area contributed by atoms with Crippen molar-refractivity contribution in [3.05, 3.63) is 41.1 Å². The van der Waals surface area contributed by atoms with Gasteiger partial charge >= 0.3 is 0 Å². The number of hydrogen-bond acceptors (Lipinski definition) is 2. The SMILES string of the molecule is Cc1cc(CC(N)=O)nc2c(C)cccc12. The Morgan fingerprint density at radius 1 is 1.31 bits per heavy atom. The molecular formula is C13H14N2O. The number of amides is 1. The van der Waals surface area contributed by atoms with Crippen molar-refractivity contribution in [1.82, 2.24) is 4.98 Å². The van der Waals surface area contributed by atoms with Gasteiger partial charge in [0.2, 0.25) is 5.91 Å². The van der Waals surface area contributed by atoms with E-state index in [4.69, 9.17) is 5.73 Å². The van der Waals surface area contributed by atoms with Crippen LogP contribution in [0, 0.1) is 13.8 Å². The number of benzene rings is 1. The Labute approximate surface area is 94.3 Å². The third-order valence-corrected chi connectivity index (χ3v) is 2.66. The fourth-order valence-corrected chi connectivity index (χ4v) is 1.90. The van der Waals surface area contributed by atoms with Crippen molar-refractivity contribution < 1.29 is 4.79 Å². The van der Waals surface area contributed by atoms with Crippen LogP contribution in [0.1, 0.15) is 16.8 Å². The van der Waals surface area contributed by atoms with Crippen LogP contribution in [0.2, 0.25) is 0 Å². The first-order valence-corrected chi connectivity index (χ1v) is 5.22. The molecule has 0 aliphatic rings. The lowest BCUT2D eigenvalue weighted by Crippen LogP contribution is -2.14. The number of hydrogen-bond donors (Lipinski definition) is 1.